The molecule has 0 spiro atoms. The summed E-state index contributed by atoms with van der Waals surface area (Å²) in [4.78, 5) is 0. The van der Waals surface area contributed by atoms with Crippen LogP contribution in [-0.2, 0) is 0 Å². The second kappa shape index (κ2) is 4.83. The normalized spacial score (nSPS) is 8.45. The van der Waals surface area contributed by atoms with E-state index in [4.69, 9.17) is 0 Å². The maximum absolute atomic E-state index is 2.08. The summed E-state index contributed by atoms with van der Waals surface area (Å²) in [6, 6.07) is 0. The fraction of sp³-hybridized carbons (Fsp3) is 0.556. The van der Waals surface area contributed by atoms with Gasteiger partial charge in [-0.1, -0.05) is 6.08 Å². The van der Waals surface area contributed by atoms with E-state index in [0.717, 1.165) is 0 Å². The van der Waals surface area contributed by atoms with E-state index in [1.54, 1.807) is 0 Å². The van der Waals surface area contributed by atoms with Crippen LogP contribution < -0.4 is 0 Å². The Morgan fingerprint density at radius 1 is 0.909 bits per heavy atom. The van der Waals surface area contributed by atoms with Gasteiger partial charge in [0, 0.05) is 0 Å². The first kappa shape index (κ1) is 10.1. The molecule has 0 aliphatic carbocycles. The zero-order valence-electron chi connectivity index (χ0n) is 8.13. The topological polar surface area (TPSA) is 6.02 Å². The van der Waals surface area contributed by atoms with Crippen LogP contribution in [-0.4, -0.2) is 49.8 Å². The minimum atomic E-state index is 1.22. The Morgan fingerprint density at radius 3 is 1.45 bits per heavy atom. The highest BCUT2D eigenvalue weighted by Gasteiger charge is 1.95. The van der Waals surface area contributed by atoms with Crippen molar-refractivity contribution in [3.8, 4) is 0 Å². The Morgan fingerprint density at radius 2 is 1.27 bits per heavy atom. The number of rotatable bonds is 2. The SMILES string of the molecule is CC=C(C=[N+](C)C)C=[N+](C)C. The lowest BCUT2D eigenvalue weighted by Crippen LogP contribution is -2.07. The highest BCUT2D eigenvalue weighted by molar-refractivity contribution is 5.99. The van der Waals surface area contributed by atoms with Gasteiger partial charge in [0.05, 0.1) is 5.57 Å². The van der Waals surface area contributed by atoms with Crippen molar-refractivity contribution in [1.29, 1.82) is 0 Å². The van der Waals surface area contributed by atoms with Crippen LogP contribution in [0.1, 0.15) is 6.92 Å². The summed E-state index contributed by atoms with van der Waals surface area (Å²) in [7, 11) is 8.08. The molecule has 2 nitrogen and oxygen atoms in total. The van der Waals surface area contributed by atoms with E-state index in [9.17, 15) is 0 Å². The number of hydrogen-bond donors (Lipinski definition) is 0. The third-order valence-corrected chi connectivity index (χ3v) is 1.15. The van der Waals surface area contributed by atoms with Gasteiger partial charge in [-0.3, -0.25) is 0 Å². The summed E-state index contributed by atoms with van der Waals surface area (Å²) >= 11 is 0. The van der Waals surface area contributed by atoms with Gasteiger partial charge in [-0.05, 0) is 6.92 Å². The maximum atomic E-state index is 2.08. The van der Waals surface area contributed by atoms with E-state index in [1.807, 2.05) is 44.3 Å². The molecule has 0 heterocycles. The van der Waals surface area contributed by atoms with Crippen LogP contribution in [0, 0.1) is 0 Å². The first-order valence-corrected chi connectivity index (χ1v) is 3.75. The molecule has 0 saturated carbocycles. The number of hydrogen-bond acceptors (Lipinski definition) is 0. The molecule has 62 valence electrons. The number of nitrogens with zero attached hydrogens (tertiary/aromatic N) is 2. The Kier molecular flexibility index (Phi) is 4.42. The minimum Gasteiger partial charge on any atom is -0.241 e. The minimum absolute atomic E-state index is 1.22. The quantitative estimate of drug-likeness (QED) is 0.406. The van der Waals surface area contributed by atoms with Gasteiger partial charge in [0.1, 0.15) is 28.2 Å². The van der Waals surface area contributed by atoms with Crippen molar-refractivity contribution in [2.45, 2.75) is 6.92 Å². The van der Waals surface area contributed by atoms with Crippen molar-refractivity contribution in [3.63, 3.8) is 0 Å². The third-order valence-electron chi connectivity index (χ3n) is 1.15. The van der Waals surface area contributed by atoms with Gasteiger partial charge in [-0.25, -0.2) is 9.15 Å². The summed E-state index contributed by atoms with van der Waals surface area (Å²) in [6.07, 6.45) is 6.25. The molecule has 0 N–H and O–H groups in total. The predicted octanol–water partition coefficient (Wildman–Crippen LogP) is 0.619. The van der Waals surface area contributed by atoms with Crippen LogP contribution >= 0.6 is 0 Å². The average Bonchev–Trinajstić information content (AvgIpc) is 1.84. The van der Waals surface area contributed by atoms with Crippen LogP contribution in [0.25, 0.3) is 0 Å². The molecule has 0 radical (unpaired) electrons. The van der Waals surface area contributed by atoms with Crippen LogP contribution in [0.3, 0.4) is 0 Å². The molecule has 0 fully saturated rings. The van der Waals surface area contributed by atoms with E-state index >= 15 is 0 Å². The predicted molar refractivity (Wildman–Crippen MR) is 50.1 cm³/mol. The zero-order chi connectivity index (χ0) is 8.85. The summed E-state index contributed by atoms with van der Waals surface area (Å²) in [5.41, 5.74) is 1.22. The van der Waals surface area contributed by atoms with Gasteiger partial charge >= 0.3 is 0 Å². The molecule has 11 heavy (non-hydrogen) atoms. The van der Waals surface area contributed by atoms with Gasteiger partial charge < -0.3 is 0 Å². The smallest absolute Gasteiger partial charge is 0.175 e. The van der Waals surface area contributed by atoms with Crippen molar-refractivity contribution in [2.75, 3.05) is 28.2 Å². The second-order valence-corrected chi connectivity index (χ2v) is 2.97. The molecule has 0 aliphatic rings. The molecular weight excluding hydrogens is 136 g/mol. The molecule has 0 saturated heterocycles. The molecular formula is C9H18N2+2. The highest BCUT2D eigenvalue weighted by atomic mass is 14.9. The zero-order valence-corrected chi connectivity index (χ0v) is 8.13. The molecule has 0 atom stereocenters. The number of allylic oxidation sites excluding steroid dienone is 2. The van der Waals surface area contributed by atoms with Crippen molar-refractivity contribution < 1.29 is 9.15 Å². The van der Waals surface area contributed by atoms with Gasteiger partial charge in [-0.2, -0.15) is 0 Å². The van der Waals surface area contributed by atoms with E-state index in [0.29, 0.717) is 0 Å². The van der Waals surface area contributed by atoms with Crippen molar-refractivity contribution in [3.05, 3.63) is 11.6 Å². The van der Waals surface area contributed by atoms with Crippen molar-refractivity contribution >= 4 is 12.4 Å². The first-order chi connectivity index (χ1) is 5.06. The largest absolute Gasteiger partial charge is 0.241 e. The lowest BCUT2D eigenvalue weighted by atomic mass is 10.3. The summed E-state index contributed by atoms with van der Waals surface area (Å²) in [5, 5.41) is 0. The average molecular weight is 154 g/mol. The summed E-state index contributed by atoms with van der Waals surface area (Å²) in [6.45, 7) is 2.04. The fourth-order valence-electron chi connectivity index (χ4n) is 0.779. The van der Waals surface area contributed by atoms with Crippen LogP contribution in [0.4, 0.5) is 0 Å². The molecule has 0 rings (SSSR count). The van der Waals surface area contributed by atoms with Crippen LogP contribution in [0.15, 0.2) is 11.6 Å². The molecule has 0 amide bonds. The van der Waals surface area contributed by atoms with E-state index < -0.39 is 0 Å². The van der Waals surface area contributed by atoms with Crippen LogP contribution in [0.5, 0.6) is 0 Å². The van der Waals surface area contributed by atoms with E-state index in [1.165, 1.54) is 5.57 Å². The molecule has 0 bridgehead atoms. The molecule has 0 unspecified atom stereocenters. The summed E-state index contributed by atoms with van der Waals surface area (Å²) < 4.78 is 4.07. The Hall–Kier alpha value is -0.920. The lowest BCUT2D eigenvalue weighted by Gasteiger charge is -1.87. The molecule has 0 aromatic rings. The molecule has 0 aromatic heterocycles. The van der Waals surface area contributed by atoms with Gasteiger partial charge in [0.25, 0.3) is 0 Å². The second-order valence-electron chi connectivity index (χ2n) is 2.97. The van der Waals surface area contributed by atoms with Crippen molar-refractivity contribution in [1.82, 2.24) is 0 Å². The Bertz CT molecular complexity index is 182. The molecule has 0 aromatic carbocycles. The summed E-state index contributed by atoms with van der Waals surface area (Å²) in [5.74, 6) is 0. The third kappa shape index (κ3) is 5.52. The van der Waals surface area contributed by atoms with Crippen molar-refractivity contribution in [2.24, 2.45) is 0 Å². The monoisotopic (exact) mass is 154 g/mol. The lowest BCUT2D eigenvalue weighted by molar-refractivity contribution is -0.462. The standard InChI is InChI=1S/C9H18N2/c1-6-9(7-10(2)3)8-11(4)5/h6-8H,1-5H3/q+2. The molecule has 2 heteroatoms. The van der Waals surface area contributed by atoms with Gasteiger partial charge in [0.2, 0.25) is 0 Å². The van der Waals surface area contributed by atoms with Gasteiger partial charge in [0.15, 0.2) is 12.4 Å². The van der Waals surface area contributed by atoms with E-state index in [-0.39, 0.29) is 0 Å². The Labute approximate surface area is 69.2 Å². The highest BCUT2D eigenvalue weighted by Crippen LogP contribution is 1.83. The maximum Gasteiger partial charge on any atom is 0.175 e. The van der Waals surface area contributed by atoms with E-state index in [2.05, 4.69) is 18.5 Å². The van der Waals surface area contributed by atoms with Gasteiger partial charge in [-0.15, -0.1) is 0 Å². The molecule has 0 aliphatic heterocycles. The Balaban J connectivity index is 4.47. The van der Waals surface area contributed by atoms with Crippen LogP contribution in [0.2, 0.25) is 0 Å². The fourth-order valence-corrected chi connectivity index (χ4v) is 0.779. The first-order valence-electron chi connectivity index (χ1n) is 3.75.